The monoisotopic (exact) mass is 399 g/mol. The van der Waals surface area contributed by atoms with E-state index >= 15 is 0 Å². The molecule has 2 amide bonds. The molecule has 2 aliphatic heterocycles. The molecule has 10 nitrogen and oxygen atoms in total. The maximum absolute atomic E-state index is 12.8. The molecule has 0 unspecified atom stereocenters. The van der Waals surface area contributed by atoms with E-state index in [0.29, 0.717) is 25.2 Å². The van der Waals surface area contributed by atoms with Gasteiger partial charge >= 0.3 is 0 Å². The van der Waals surface area contributed by atoms with Crippen molar-refractivity contribution in [2.75, 3.05) is 39.1 Å². The average Bonchev–Trinajstić information content (AvgIpc) is 3.24. The Morgan fingerprint density at radius 2 is 2.22 bits per heavy atom. The predicted octanol–water partition coefficient (Wildman–Crippen LogP) is -1.11. The van der Waals surface area contributed by atoms with Gasteiger partial charge in [0, 0.05) is 39.0 Å². The third kappa shape index (κ3) is 3.99. The van der Waals surface area contributed by atoms with E-state index in [9.17, 15) is 18.0 Å². The zero-order valence-corrected chi connectivity index (χ0v) is 16.3. The molecule has 0 radical (unpaired) electrons. The Morgan fingerprint density at radius 1 is 1.44 bits per heavy atom. The molecule has 0 aliphatic carbocycles. The van der Waals surface area contributed by atoms with Crippen LogP contribution in [-0.4, -0.2) is 90.4 Å². The van der Waals surface area contributed by atoms with Crippen LogP contribution in [0.2, 0.25) is 0 Å². The number of sulfonamides is 1. The lowest BCUT2D eigenvalue weighted by Gasteiger charge is -2.23. The maximum atomic E-state index is 12.8. The van der Waals surface area contributed by atoms with Gasteiger partial charge in [0.2, 0.25) is 10.0 Å². The molecule has 0 saturated carbocycles. The standard InChI is InChI=1S/C16H25N5O5S/c1-3-20-13(4-5-17-20)15(22)18-12-10-14-16(23)21(6-8-26-2)27(24,25)9-7-19(14)11-12/h4-5,12,14H,3,6-11H2,1-2H3,(H,18,22)/t12-,14-/m0/s1. The van der Waals surface area contributed by atoms with Gasteiger partial charge in [0.1, 0.15) is 5.69 Å². The second kappa shape index (κ2) is 7.95. The van der Waals surface area contributed by atoms with E-state index in [0.717, 1.165) is 4.31 Å². The number of nitrogens with zero attached hydrogens (tertiary/aromatic N) is 4. The van der Waals surface area contributed by atoms with E-state index in [2.05, 4.69) is 10.4 Å². The Balaban J connectivity index is 1.70. The third-order valence-corrected chi connectivity index (χ3v) is 6.72. The molecule has 0 spiro atoms. The summed E-state index contributed by atoms with van der Waals surface area (Å²) in [6.07, 6.45) is 1.95. The number of fused-ring (bicyclic) bond motifs is 1. The lowest BCUT2D eigenvalue weighted by Crippen LogP contribution is -2.45. The number of amides is 2. The predicted molar refractivity (Wildman–Crippen MR) is 96.5 cm³/mol. The van der Waals surface area contributed by atoms with Gasteiger partial charge in [0.15, 0.2) is 0 Å². The number of methoxy groups -OCH3 is 1. The molecule has 3 heterocycles. The quantitative estimate of drug-likeness (QED) is 0.645. The number of aromatic nitrogens is 2. The minimum Gasteiger partial charge on any atom is -0.383 e. The minimum atomic E-state index is -3.65. The third-order valence-electron chi connectivity index (χ3n) is 4.99. The molecule has 11 heteroatoms. The molecule has 2 atom stereocenters. The zero-order chi connectivity index (χ0) is 19.6. The lowest BCUT2D eigenvalue weighted by atomic mass is 10.1. The number of hydrogen-bond donors (Lipinski definition) is 1. The average molecular weight is 399 g/mol. The molecule has 2 saturated heterocycles. The van der Waals surface area contributed by atoms with Crippen molar-refractivity contribution < 1.29 is 22.7 Å². The first kappa shape index (κ1) is 19.8. The van der Waals surface area contributed by atoms with Crippen LogP contribution in [0.3, 0.4) is 0 Å². The largest absolute Gasteiger partial charge is 0.383 e. The highest BCUT2D eigenvalue weighted by atomic mass is 32.2. The van der Waals surface area contributed by atoms with Gasteiger partial charge in [-0.15, -0.1) is 0 Å². The van der Waals surface area contributed by atoms with Crippen molar-refractivity contribution >= 4 is 21.8 Å². The van der Waals surface area contributed by atoms with Crippen molar-refractivity contribution in [1.29, 1.82) is 0 Å². The van der Waals surface area contributed by atoms with Gasteiger partial charge in [-0.05, 0) is 19.4 Å². The van der Waals surface area contributed by atoms with Gasteiger partial charge in [-0.1, -0.05) is 0 Å². The first-order chi connectivity index (χ1) is 12.9. The van der Waals surface area contributed by atoms with Crippen molar-refractivity contribution in [2.45, 2.75) is 32.0 Å². The molecule has 0 bridgehead atoms. The van der Waals surface area contributed by atoms with E-state index < -0.39 is 22.0 Å². The Hall–Kier alpha value is -1.98. The molecule has 150 valence electrons. The van der Waals surface area contributed by atoms with Crippen molar-refractivity contribution in [3.8, 4) is 0 Å². The highest BCUT2D eigenvalue weighted by molar-refractivity contribution is 7.89. The zero-order valence-electron chi connectivity index (χ0n) is 15.5. The van der Waals surface area contributed by atoms with Gasteiger partial charge in [-0.25, -0.2) is 12.7 Å². The van der Waals surface area contributed by atoms with Crippen LogP contribution in [0.1, 0.15) is 23.8 Å². The molecule has 3 rings (SSSR count). The van der Waals surface area contributed by atoms with E-state index in [4.69, 9.17) is 4.74 Å². The van der Waals surface area contributed by atoms with Crippen LogP contribution in [0, 0.1) is 0 Å². The van der Waals surface area contributed by atoms with Gasteiger partial charge in [0.25, 0.3) is 11.8 Å². The topological polar surface area (TPSA) is 114 Å². The van der Waals surface area contributed by atoms with Crippen LogP contribution < -0.4 is 5.32 Å². The van der Waals surface area contributed by atoms with Gasteiger partial charge < -0.3 is 10.1 Å². The fourth-order valence-electron chi connectivity index (χ4n) is 3.62. The van der Waals surface area contributed by atoms with Crippen molar-refractivity contribution in [3.63, 3.8) is 0 Å². The summed E-state index contributed by atoms with van der Waals surface area (Å²) in [4.78, 5) is 27.2. The molecule has 27 heavy (non-hydrogen) atoms. The fourth-order valence-corrected chi connectivity index (χ4v) is 5.05. The number of ether oxygens (including phenoxy) is 1. The van der Waals surface area contributed by atoms with E-state index in [1.54, 1.807) is 16.9 Å². The summed E-state index contributed by atoms with van der Waals surface area (Å²) in [6, 6.07) is 0.869. The molecule has 2 fully saturated rings. The molecule has 1 aromatic rings. The normalized spacial score (nSPS) is 25.3. The van der Waals surface area contributed by atoms with Crippen LogP contribution in [-0.2, 0) is 26.1 Å². The van der Waals surface area contributed by atoms with Crippen molar-refractivity contribution in [3.05, 3.63) is 18.0 Å². The van der Waals surface area contributed by atoms with Crippen molar-refractivity contribution in [1.82, 2.24) is 24.3 Å². The van der Waals surface area contributed by atoms with Gasteiger partial charge in [-0.3, -0.25) is 19.2 Å². The number of aryl methyl sites for hydroxylation is 1. The van der Waals surface area contributed by atoms with Crippen LogP contribution in [0.25, 0.3) is 0 Å². The Morgan fingerprint density at radius 3 is 2.93 bits per heavy atom. The lowest BCUT2D eigenvalue weighted by molar-refractivity contribution is -0.131. The summed E-state index contributed by atoms with van der Waals surface area (Å²) in [5.74, 6) is -0.810. The summed E-state index contributed by atoms with van der Waals surface area (Å²) in [5, 5.41) is 7.03. The molecular formula is C16H25N5O5S. The fraction of sp³-hybridized carbons (Fsp3) is 0.688. The summed E-state index contributed by atoms with van der Waals surface area (Å²) >= 11 is 0. The molecule has 0 aromatic carbocycles. The van der Waals surface area contributed by atoms with Crippen LogP contribution in [0.4, 0.5) is 0 Å². The number of carbonyl (C=O) groups is 2. The first-order valence-electron chi connectivity index (χ1n) is 8.97. The number of rotatable bonds is 6. The van der Waals surface area contributed by atoms with E-state index in [-0.39, 0.29) is 37.4 Å². The van der Waals surface area contributed by atoms with E-state index in [1.807, 2.05) is 11.8 Å². The molecular weight excluding hydrogens is 374 g/mol. The molecule has 1 N–H and O–H groups in total. The van der Waals surface area contributed by atoms with Crippen LogP contribution in [0.15, 0.2) is 12.3 Å². The first-order valence-corrected chi connectivity index (χ1v) is 10.6. The summed E-state index contributed by atoms with van der Waals surface area (Å²) < 4.78 is 32.2. The molecule has 2 aliphatic rings. The molecule has 1 aromatic heterocycles. The van der Waals surface area contributed by atoms with Crippen LogP contribution >= 0.6 is 0 Å². The summed E-state index contributed by atoms with van der Waals surface area (Å²) in [5.41, 5.74) is 0.468. The van der Waals surface area contributed by atoms with Crippen molar-refractivity contribution in [2.24, 2.45) is 0 Å². The van der Waals surface area contributed by atoms with Crippen LogP contribution in [0.5, 0.6) is 0 Å². The number of nitrogens with one attached hydrogen (secondary N) is 1. The number of carbonyl (C=O) groups excluding carboxylic acids is 2. The highest BCUT2D eigenvalue weighted by Gasteiger charge is 2.45. The summed E-state index contributed by atoms with van der Waals surface area (Å²) in [6.45, 7) is 3.35. The van der Waals surface area contributed by atoms with E-state index in [1.165, 1.54) is 7.11 Å². The minimum absolute atomic E-state index is 0.00865. The second-order valence-electron chi connectivity index (χ2n) is 6.67. The second-order valence-corrected chi connectivity index (χ2v) is 8.68. The summed E-state index contributed by atoms with van der Waals surface area (Å²) in [7, 11) is -2.18. The highest BCUT2D eigenvalue weighted by Crippen LogP contribution is 2.24. The SMILES string of the molecule is CCn1nccc1C(=O)N[C@H]1C[C@H]2C(=O)N(CCOC)S(=O)(=O)CCN2C1. The Bertz CT molecular complexity index is 808. The Kier molecular flexibility index (Phi) is 5.82. The maximum Gasteiger partial charge on any atom is 0.269 e. The Labute approximate surface area is 158 Å². The van der Waals surface area contributed by atoms with Gasteiger partial charge in [-0.2, -0.15) is 5.10 Å². The van der Waals surface area contributed by atoms with Gasteiger partial charge in [0.05, 0.1) is 24.9 Å². The smallest absolute Gasteiger partial charge is 0.269 e. The number of hydrogen-bond acceptors (Lipinski definition) is 7.